The smallest absolute Gasteiger partial charge is 0.269 e. The molecule has 0 aliphatic heterocycles. The van der Waals surface area contributed by atoms with Crippen molar-refractivity contribution in [2.75, 3.05) is 13.6 Å². The van der Waals surface area contributed by atoms with Crippen molar-refractivity contribution in [1.82, 2.24) is 9.62 Å². The van der Waals surface area contributed by atoms with Crippen molar-refractivity contribution in [1.29, 1.82) is 0 Å². The lowest BCUT2D eigenvalue weighted by Crippen LogP contribution is -2.37. The van der Waals surface area contributed by atoms with Crippen molar-refractivity contribution in [2.45, 2.75) is 10.8 Å². The largest absolute Gasteiger partial charge is 0.351 e. The summed E-state index contributed by atoms with van der Waals surface area (Å²) in [6.45, 7) is -0.222. The zero-order chi connectivity index (χ0) is 18.6. The van der Waals surface area contributed by atoms with E-state index in [-0.39, 0.29) is 23.0 Å². The van der Waals surface area contributed by atoms with Crippen molar-refractivity contribution < 1.29 is 18.1 Å². The number of thiophene rings is 1. The molecule has 2 rings (SSSR count). The van der Waals surface area contributed by atoms with Crippen LogP contribution in [0.4, 0.5) is 5.69 Å². The van der Waals surface area contributed by atoms with Crippen LogP contribution in [0, 0.1) is 10.1 Å². The molecule has 0 atom stereocenters. The highest BCUT2D eigenvalue weighted by Crippen LogP contribution is 2.27. The summed E-state index contributed by atoms with van der Waals surface area (Å²) < 4.78 is 25.9. The number of nitrogens with zero attached hydrogens (tertiary/aromatic N) is 2. The Morgan fingerprint density at radius 3 is 2.44 bits per heavy atom. The Labute approximate surface area is 153 Å². The third-order valence-electron chi connectivity index (χ3n) is 3.22. The topological polar surface area (TPSA) is 110 Å². The number of rotatable bonds is 7. The van der Waals surface area contributed by atoms with Gasteiger partial charge in [0.15, 0.2) is 0 Å². The molecule has 0 fully saturated rings. The highest BCUT2D eigenvalue weighted by molar-refractivity contribution is 7.91. The van der Waals surface area contributed by atoms with E-state index in [4.69, 9.17) is 11.6 Å². The standard InChI is InChI=1S/C14H14ClN3O5S2/c1-17(25(22,23)14-7-6-12(15)24-14)9-13(19)16-8-10-2-4-11(5-3-10)18(20)21/h2-7H,8-9H2,1H3,(H,16,19). The van der Waals surface area contributed by atoms with Crippen molar-refractivity contribution in [2.24, 2.45) is 0 Å². The Kier molecular flexibility index (Phi) is 6.11. The maximum atomic E-state index is 12.3. The van der Waals surface area contributed by atoms with Gasteiger partial charge in [-0.2, -0.15) is 4.31 Å². The van der Waals surface area contributed by atoms with Gasteiger partial charge in [0.05, 0.1) is 15.8 Å². The molecule has 0 radical (unpaired) electrons. The lowest BCUT2D eigenvalue weighted by atomic mass is 10.2. The Balaban J connectivity index is 1.92. The van der Waals surface area contributed by atoms with Crippen LogP contribution in [0.3, 0.4) is 0 Å². The Bertz CT molecular complexity index is 880. The zero-order valence-electron chi connectivity index (χ0n) is 13.0. The van der Waals surface area contributed by atoms with Gasteiger partial charge in [-0.15, -0.1) is 11.3 Å². The number of benzene rings is 1. The van der Waals surface area contributed by atoms with Gasteiger partial charge in [0.2, 0.25) is 5.91 Å². The minimum atomic E-state index is -3.78. The maximum absolute atomic E-state index is 12.3. The zero-order valence-corrected chi connectivity index (χ0v) is 15.4. The molecule has 0 unspecified atom stereocenters. The van der Waals surface area contributed by atoms with E-state index in [0.717, 1.165) is 15.6 Å². The Hall–Kier alpha value is -2.01. The third kappa shape index (κ3) is 4.98. The fourth-order valence-electron chi connectivity index (χ4n) is 1.87. The molecule has 134 valence electrons. The van der Waals surface area contributed by atoms with E-state index in [1.165, 1.54) is 43.4 Å². The second kappa shape index (κ2) is 7.91. The molecule has 0 aliphatic carbocycles. The summed E-state index contributed by atoms with van der Waals surface area (Å²) in [5.41, 5.74) is 0.616. The van der Waals surface area contributed by atoms with Crippen LogP contribution in [-0.4, -0.2) is 37.1 Å². The number of hydrogen-bond donors (Lipinski definition) is 1. The van der Waals surface area contributed by atoms with E-state index in [1.54, 1.807) is 0 Å². The molecule has 0 saturated carbocycles. The summed E-state index contributed by atoms with van der Waals surface area (Å²) in [7, 11) is -2.48. The first-order chi connectivity index (χ1) is 11.7. The number of amides is 1. The predicted octanol–water partition coefficient (Wildman–Crippen LogP) is 2.25. The second-order valence-electron chi connectivity index (χ2n) is 5.02. The number of non-ortho nitro benzene ring substituents is 1. The monoisotopic (exact) mass is 403 g/mol. The van der Waals surface area contributed by atoms with Crippen molar-refractivity contribution >= 4 is 44.6 Å². The SMILES string of the molecule is CN(CC(=O)NCc1ccc([N+](=O)[O-])cc1)S(=O)(=O)c1ccc(Cl)s1. The van der Waals surface area contributed by atoms with E-state index < -0.39 is 20.9 Å². The quantitative estimate of drug-likeness (QED) is 0.563. The molecule has 1 amide bonds. The number of sulfonamides is 1. The van der Waals surface area contributed by atoms with Gasteiger partial charge in [-0.1, -0.05) is 23.7 Å². The third-order valence-corrected chi connectivity index (χ3v) is 6.72. The fourth-order valence-corrected chi connectivity index (χ4v) is 4.69. The lowest BCUT2D eigenvalue weighted by Gasteiger charge is -2.15. The van der Waals surface area contributed by atoms with Crippen molar-refractivity contribution in [3.05, 3.63) is 56.4 Å². The highest BCUT2D eigenvalue weighted by Gasteiger charge is 2.24. The molecule has 0 aliphatic rings. The Morgan fingerprint density at radius 1 is 1.28 bits per heavy atom. The molecule has 2 aromatic rings. The van der Waals surface area contributed by atoms with Gasteiger partial charge in [-0.3, -0.25) is 14.9 Å². The molecular formula is C14H14ClN3O5S2. The van der Waals surface area contributed by atoms with Gasteiger partial charge in [0.1, 0.15) is 4.21 Å². The van der Waals surface area contributed by atoms with Crippen LogP contribution >= 0.6 is 22.9 Å². The minimum absolute atomic E-state index is 0.0458. The lowest BCUT2D eigenvalue weighted by molar-refractivity contribution is -0.384. The van der Waals surface area contributed by atoms with Crippen LogP contribution in [-0.2, 0) is 21.4 Å². The van der Waals surface area contributed by atoms with Gasteiger partial charge in [-0.25, -0.2) is 8.42 Å². The number of nitro groups is 1. The summed E-state index contributed by atoms with van der Waals surface area (Å²) in [5.74, 6) is -0.493. The summed E-state index contributed by atoms with van der Waals surface area (Å²) in [6, 6.07) is 8.56. The van der Waals surface area contributed by atoms with Gasteiger partial charge in [0.25, 0.3) is 15.7 Å². The van der Waals surface area contributed by atoms with Gasteiger partial charge < -0.3 is 5.32 Å². The van der Waals surface area contributed by atoms with Crippen LogP contribution in [0.15, 0.2) is 40.6 Å². The van der Waals surface area contributed by atoms with Gasteiger partial charge in [0, 0.05) is 25.7 Å². The summed E-state index contributed by atoms with van der Waals surface area (Å²) in [6.07, 6.45) is 0. The van der Waals surface area contributed by atoms with Crippen LogP contribution < -0.4 is 5.32 Å². The molecule has 11 heteroatoms. The number of nitrogens with one attached hydrogen (secondary N) is 1. The van der Waals surface area contributed by atoms with Crippen LogP contribution in [0.25, 0.3) is 0 Å². The predicted molar refractivity (Wildman–Crippen MR) is 94.1 cm³/mol. The van der Waals surface area contributed by atoms with Crippen molar-refractivity contribution in [3.63, 3.8) is 0 Å². The van der Waals surface area contributed by atoms with E-state index in [2.05, 4.69) is 5.32 Å². The van der Waals surface area contributed by atoms with Crippen molar-refractivity contribution in [3.8, 4) is 0 Å². The first-order valence-corrected chi connectivity index (χ1v) is 9.55. The van der Waals surface area contributed by atoms with E-state index in [0.29, 0.717) is 9.90 Å². The molecule has 1 aromatic carbocycles. The molecule has 8 nitrogen and oxygen atoms in total. The number of carbonyl (C=O) groups excluding carboxylic acids is 1. The average Bonchev–Trinajstić information content (AvgIpc) is 3.00. The molecular weight excluding hydrogens is 390 g/mol. The summed E-state index contributed by atoms with van der Waals surface area (Å²) in [5, 5.41) is 13.1. The number of hydrogen-bond acceptors (Lipinski definition) is 6. The number of halogens is 1. The summed E-state index contributed by atoms with van der Waals surface area (Å²) in [4.78, 5) is 22.0. The van der Waals surface area contributed by atoms with E-state index in [9.17, 15) is 23.3 Å². The molecule has 1 aromatic heterocycles. The number of carbonyl (C=O) groups is 1. The van der Waals surface area contributed by atoms with Gasteiger partial charge >= 0.3 is 0 Å². The first kappa shape index (κ1) is 19.3. The van der Waals surface area contributed by atoms with Crippen LogP contribution in [0.2, 0.25) is 4.34 Å². The normalized spacial score (nSPS) is 11.5. The minimum Gasteiger partial charge on any atom is -0.351 e. The second-order valence-corrected chi connectivity index (χ2v) is 9.01. The maximum Gasteiger partial charge on any atom is 0.269 e. The molecule has 1 heterocycles. The molecule has 1 N–H and O–H groups in total. The summed E-state index contributed by atoms with van der Waals surface area (Å²) >= 11 is 6.65. The van der Waals surface area contributed by atoms with E-state index >= 15 is 0 Å². The molecule has 0 saturated heterocycles. The molecule has 0 spiro atoms. The van der Waals surface area contributed by atoms with E-state index in [1.807, 2.05) is 0 Å². The molecule has 25 heavy (non-hydrogen) atoms. The van der Waals surface area contributed by atoms with Crippen LogP contribution in [0.5, 0.6) is 0 Å². The van der Waals surface area contributed by atoms with Gasteiger partial charge in [-0.05, 0) is 17.7 Å². The molecule has 0 bridgehead atoms. The average molecular weight is 404 g/mol. The number of nitro benzene ring substituents is 1. The number of likely N-dealkylation sites (N-methyl/N-ethyl adjacent to an activating group) is 1. The Morgan fingerprint density at radius 2 is 1.92 bits per heavy atom. The van der Waals surface area contributed by atoms with Crippen LogP contribution in [0.1, 0.15) is 5.56 Å². The fraction of sp³-hybridized carbons (Fsp3) is 0.214. The highest BCUT2D eigenvalue weighted by atomic mass is 35.5. The first-order valence-electron chi connectivity index (χ1n) is 6.92.